The van der Waals surface area contributed by atoms with Crippen molar-refractivity contribution in [3.05, 3.63) is 72.3 Å². The first kappa shape index (κ1) is 19.8. The minimum Gasteiger partial charge on any atom is -0.497 e. The van der Waals surface area contributed by atoms with Crippen molar-refractivity contribution in [1.29, 1.82) is 0 Å². The van der Waals surface area contributed by atoms with Gasteiger partial charge in [-0.1, -0.05) is 36.4 Å². The Bertz CT molecular complexity index is 1100. The van der Waals surface area contributed by atoms with E-state index in [1.807, 2.05) is 36.4 Å². The number of hydrogen-bond acceptors (Lipinski definition) is 6. The number of ether oxygens (including phenoxy) is 3. The molecule has 29 heavy (non-hydrogen) atoms. The standard InChI is InChI=1S/C22H22O6S/c1-16(28-29(23,24)21-6-4-3-5-7-21)22(26-12-13-27-22)19-10-8-18-15-20(25-2)11-9-17(18)14-19/h3-11,14-16H,12-13H2,1-2H3/t16-/m0/s1. The predicted octanol–water partition coefficient (Wildman–Crippen LogP) is 3.84. The van der Waals surface area contributed by atoms with Crippen LogP contribution in [-0.4, -0.2) is 34.8 Å². The molecule has 7 heteroatoms. The molecule has 0 amide bonds. The number of hydrogen-bond donors (Lipinski definition) is 0. The van der Waals surface area contributed by atoms with E-state index in [9.17, 15) is 8.42 Å². The van der Waals surface area contributed by atoms with E-state index in [1.54, 1.807) is 32.2 Å². The molecule has 0 aliphatic carbocycles. The first-order valence-corrected chi connectivity index (χ1v) is 10.7. The van der Waals surface area contributed by atoms with Crippen LogP contribution in [0.5, 0.6) is 5.75 Å². The first-order valence-electron chi connectivity index (χ1n) is 9.29. The van der Waals surface area contributed by atoms with Crippen LogP contribution >= 0.6 is 0 Å². The highest BCUT2D eigenvalue weighted by atomic mass is 32.2. The van der Waals surface area contributed by atoms with Crippen molar-refractivity contribution >= 4 is 20.9 Å². The summed E-state index contributed by atoms with van der Waals surface area (Å²) in [7, 11) is -2.35. The molecule has 0 radical (unpaired) electrons. The third-order valence-corrected chi connectivity index (χ3v) is 6.40. The van der Waals surface area contributed by atoms with E-state index in [0.29, 0.717) is 18.8 Å². The summed E-state index contributed by atoms with van der Waals surface area (Å²) in [6.45, 7) is 2.34. The summed E-state index contributed by atoms with van der Waals surface area (Å²) in [4.78, 5) is 0.0885. The van der Waals surface area contributed by atoms with Crippen molar-refractivity contribution in [1.82, 2.24) is 0 Å². The van der Waals surface area contributed by atoms with E-state index in [2.05, 4.69) is 0 Å². The molecule has 152 valence electrons. The molecule has 1 atom stereocenters. The molecular weight excluding hydrogens is 392 g/mol. The van der Waals surface area contributed by atoms with E-state index in [0.717, 1.165) is 16.5 Å². The summed E-state index contributed by atoms with van der Waals surface area (Å²) >= 11 is 0. The van der Waals surface area contributed by atoms with Crippen molar-refractivity contribution in [2.75, 3.05) is 20.3 Å². The van der Waals surface area contributed by atoms with Crippen LogP contribution in [0.2, 0.25) is 0 Å². The number of benzene rings is 3. The molecule has 4 rings (SSSR count). The van der Waals surface area contributed by atoms with Crippen LogP contribution in [0.25, 0.3) is 10.8 Å². The Hall–Kier alpha value is -2.45. The minimum atomic E-state index is -3.97. The van der Waals surface area contributed by atoms with Gasteiger partial charge in [0.1, 0.15) is 11.9 Å². The third kappa shape index (κ3) is 3.74. The van der Waals surface area contributed by atoms with Gasteiger partial charge in [-0.15, -0.1) is 0 Å². The molecule has 0 spiro atoms. The summed E-state index contributed by atoms with van der Waals surface area (Å²) in [5, 5.41) is 1.95. The zero-order chi connectivity index (χ0) is 20.5. The van der Waals surface area contributed by atoms with Gasteiger partial charge in [0.2, 0.25) is 5.79 Å². The highest BCUT2D eigenvalue weighted by Crippen LogP contribution is 2.39. The molecule has 1 aliphatic rings. The number of methoxy groups -OCH3 is 1. The van der Waals surface area contributed by atoms with Crippen molar-refractivity contribution in [2.24, 2.45) is 0 Å². The third-order valence-electron chi connectivity index (χ3n) is 5.00. The molecule has 0 aromatic heterocycles. The van der Waals surface area contributed by atoms with Crippen LogP contribution in [-0.2, 0) is 29.6 Å². The Morgan fingerprint density at radius 2 is 1.59 bits per heavy atom. The number of fused-ring (bicyclic) bond motifs is 1. The van der Waals surface area contributed by atoms with E-state index in [4.69, 9.17) is 18.4 Å². The van der Waals surface area contributed by atoms with Gasteiger partial charge in [0.15, 0.2) is 0 Å². The second kappa shape index (κ2) is 7.76. The average molecular weight is 414 g/mol. The SMILES string of the molecule is COc1ccc2cc(C3([C@H](C)OS(=O)(=O)c4ccccc4)OCCO3)ccc2c1. The molecule has 1 aliphatic heterocycles. The smallest absolute Gasteiger partial charge is 0.297 e. The van der Waals surface area contributed by atoms with E-state index in [-0.39, 0.29) is 4.90 Å². The van der Waals surface area contributed by atoms with Crippen LogP contribution < -0.4 is 4.74 Å². The van der Waals surface area contributed by atoms with E-state index >= 15 is 0 Å². The lowest BCUT2D eigenvalue weighted by atomic mass is 9.97. The second-order valence-corrected chi connectivity index (χ2v) is 8.37. The summed E-state index contributed by atoms with van der Waals surface area (Å²) in [6.07, 6.45) is -0.897. The van der Waals surface area contributed by atoms with Crippen LogP contribution in [0.15, 0.2) is 71.6 Å². The van der Waals surface area contributed by atoms with Gasteiger partial charge in [0.25, 0.3) is 10.1 Å². The fourth-order valence-electron chi connectivity index (χ4n) is 3.53. The van der Waals surface area contributed by atoms with Gasteiger partial charge in [-0.3, -0.25) is 4.18 Å². The monoisotopic (exact) mass is 414 g/mol. The lowest BCUT2D eigenvalue weighted by Gasteiger charge is -2.33. The molecule has 1 fully saturated rings. The lowest BCUT2D eigenvalue weighted by molar-refractivity contribution is -0.216. The van der Waals surface area contributed by atoms with Gasteiger partial charge in [0, 0.05) is 5.56 Å². The van der Waals surface area contributed by atoms with Gasteiger partial charge in [-0.25, -0.2) is 0 Å². The van der Waals surface area contributed by atoms with Gasteiger partial charge < -0.3 is 14.2 Å². The topological polar surface area (TPSA) is 71.1 Å². The van der Waals surface area contributed by atoms with Gasteiger partial charge in [0.05, 0.1) is 25.2 Å². The molecule has 0 N–H and O–H groups in total. The molecule has 6 nitrogen and oxygen atoms in total. The van der Waals surface area contributed by atoms with E-state index in [1.165, 1.54) is 12.1 Å². The zero-order valence-electron chi connectivity index (χ0n) is 16.2. The fourth-order valence-corrected chi connectivity index (χ4v) is 4.64. The fraction of sp³-hybridized carbons (Fsp3) is 0.273. The number of rotatable bonds is 6. The van der Waals surface area contributed by atoms with Crippen molar-refractivity contribution in [3.63, 3.8) is 0 Å². The molecule has 3 aromatic rings. The highest BCUT2D eigenvalue weighted by molar-refractivity contribution is 7.86. The molecule has 0 bridgehead atoms. The summed E-state index contributed by atoms with van der Waals surface area (Å²) in [5.74, 6) is -0.547. The summed E-state index contributed by atoms with van der Waals surface area (Å²) in [6, 6.07) is 19.5. The Morgan fingerprint density at radius 3 is 2.28 bits per heavy atom. The molecule has 0 unspecified atom stereocenters. The van der Waals surface area contributed by atoms with Crippen LogP contribution in [0.3, 0.4) is 0 Å². The quantitative estimate of drug-likeness (QED) is 0.571. The molecule has 1 heterocycles. The maximum Gasteiger partial charge on any atom is 0.297 e. The molecule has 3 aromatic carbocycles. The normalized spacial score (nSPS) is 17.3. The largest absolute Gasteiger partial charge is 0.497 e. The maximum atomic E-state index is 12.7. The Kier molecular flexibility index (Phi) is 5.31. The maximum absolute atomic E-state index is 12.7. The zero-order valence-corrected chi connectivity index (χ0v) is 17.0. The highest BCUT2D eigenvalue weighted by Gasteiger charge is 2.47. The predicted molar refractivity (Wildman–Crippen MR) is 108 cm³/mol. The molecule has 0 saturated carbocycles. The van der Waals surface area contributed by atoms with Crippen LogP contribution in [0, 0.1) is 0 Å². The van der Waals surface area contributed by atoms with E-state index < -0.39 is 22.0 Å². The lowest BCUT2D eigenvalue weighted by Crippen LogP contribution is -2.41. The van der Waals surface area contributed by atoms with Crippen molar-refractivity contribution in [3.8, 4) is 5.75 Å². The summed E-state index contributed by atoms with van der Waals surface area (Å²) < 4.78 is 48.1. The Morgan fingerprint density at radius 1 is 0.931 bits per heavy atom. The molecule has 1 saturated heterocycles. The minimum absolute atomic E-state index is 0.0885. The van der Waals surface area contributed by atoms with Crippen LogP contribution in [0.1, 0.15) is 12.5 Å². The first-order chi connectivity index (χ1) is 13.9. The van der Waals surface area contributed by atoms with Crippen LogP contribution in [0.4, 0.5) is 0 Å². The van der Waals surface area contributed by atoms with Crippen molar-refractivity contribution in [2.45, 2.75) is 23.7 Å². The average Bonchev–Trinajstić information content (AvgIpc) is 3.24. The second-order valence-electron chi connectivity index (χ2n) is 6.80. The Labute approximate surface area is 170 Å². The van der Waals surface area contributed by atoms with Crippen molar-refractivity contribution < 1.29 is 26.8 Å². The van der Waals surface area contributed by atoms with Gasteiger partial charge in [-0.05, 0) is 48.0 Å². The van der Waals surface area contributed by atoms with Gasteiger partial charge in [-0.2, -0.15) is 8.42 Å². The Balaban J connectivity index is 1.70. The summed E-state index contributed by atoms with van der Waals surface area (Å²) in [5.41, 5.74) is 0.698. The van der Waals surface area contributed by atoms with Gasteiger partial charge >= 0.3 is 0 Å². The molecular formula is C22H22O6S.